The third-order valence-electron chi connectivity index (χ3n) is 5.27. The van der Waals surface area contributed by atoms with Crippen molar-refractivity contribution in [2.45, 2.75) is 25.3 Å². The maximum Gasteiger partial charge on any atom is 0.229 e. The number of methoxy groups -OCH3 is 2. The Labute approximate surface area is 170 Å². The highest BCUT2D eigenvalue weighted by Gasteiger charge is 2.32. The molecule has 6 nitrogen and oxygen atoms in total. The fourth-order valence-corrected chi connectivity index (χ4v) is 3.85. The molecule has 6 heteroatoms. The number of carbonyl (C=O) groups is 1. The highest BCUT2D eigenvalue weighted by atomic mass is 16.5. The highest BCUT2D eigenvalue weighted by Crippen LogP contribution is 2.39. The van der Waals surface area contributed by atoms with Gasteiger partial charge in [0.2, 0.25) is 11.8 Å². The van der Waals surface area contributed by atoms with Crippen LogP contribution < -0.4 is 9.47 Å². The molecule has 4 rings (SSSR count). The van der Waals surface area contributed by atoms with E-state index in [2.05, 4.69) is 4.98 Å². The van der Waals surface area contributed by atoms with Gasteiger partial charge in [-0.1, -0.05) is 18.2 Å². The first-order chi connectivity index (χ1) is 14.2. The average Bonchev–Trinajstić information content (AvgIpc) is 3.43. The van der Waals surface area contributed by atoms with Gasteiger partial charge in [0.15, 0.2) is 0 Å². The fourth-order valence-electron chi connectivity index (χ4n) is 3.85. The molecule has 1 aromatic heterocycles. The molecule has 1 aliphatic rings. The smallest absolute Gasteiger partial charge is 0.229 e. The number of oxazole rings is 1. The van der Waals surface area contributed by atoms with E-state index in [1.54, 1.807) is 20.5 Å². The first-order valence-corrected chi connectivity index (χ1v) is 9.71. The van der Waals surface area contributed by atoms with Crippen LogP contribution in [0.2, 0.25) is 0 Å². The molecule has 29 heavy (non-hydrogen) atoms. The maximum absolute atomic E-state index is 13.1. The van der Waals surface area contributed by atoms with Crippen LogP contribution in [0, 0.1) is 0 Å². The third-order valence-corrected chi connectivity index (χ3v) is 5.27. The third kappa shape index (κ3) is 3.97. The van der Waals surface area contributed by atoms with Crippen LogP contribution in [-0.4, -0.2) is 36.6 Å². The Morgan fingerprint density at radius 2 is 2.00 bits per heavy atom. The van der Waals surface area contributed by atoms with Crippen LogP contribution in [0.4, 0.5) is 0 Å². The number of hydrogen-bond acceptors (Lipinski definition) is 5. The Hall–Kier alpha value is -3.28. The van der Waals surface area contributed by atoms with E-state index in [-0.39, 0.29) is 18.4 Å². The number of hydrogen-bond donors (Lipinski definition) is 0. The molecule has 2 heterocycles. The van der Waals surface area contributed by atoms with Crippen molar-refractivity contribution in [3.63, 3.8) is 0 Å². The van der Waals surface area contributed by atoms with Crippen molar-refractivity contribution < 1.29 is 18.7 Å². The van der Waals surface area contributed by atoms with E-state index >= 15 is 0 Å². The molecular formula is C23H24N2O4. The van der Waals surface area contributed by atoms with Gasteiger partial charge in [-0.05, 0) is 43.2 Å². The maximum atomic E-state index is 13.1. The monoisotopic (exact) mass is 392 g/mol. The summed E-state index contributed by atoms with van der Waals surface area (Å²) in [5, 5.41) is 0. The number of rotatable bonds is 6. The Bertz CT molecular complexity index is 984. The van der Waals surface area contributed by atoms with Gasteiger partial charge in [-0.25, -0.2) is 4.98 Å². The Morgan fingerprint density at radius 3 is 2.76 bits per heavy atom. The summed E-state index contributed by atoms with van der Waals surface area (Å²) in [4.78, 5) is 19.5. The van der Waals surface area contributed by atoms with Crippen LogP contribution >= 0.6 is 0 Å². The molecule has 2 aromatic carbocycles. The summed E-state index contributed by atoms with van der Waals surface area (Å²) in [6, 6.07) is 15.3. The lowest BCUT2D eigenvalue weighted by molar-refractivity contribution is -0.131. The lowest BCUT2D eigenvalue weighted by Crippen LogP contribution is -2.32. The Balaban J connectivity index is 1.52. The van der Waals surface area contributed by atoms with Crippen LogP contribution in [0.5, 0.6) is 11.5 Å². The second-order valence-corrected chi connectivity index (χ2v) is 7.04. The zero-order chi connectivity index (χ0) is 20.2. The summed E-state index contributed by atoms with van der Waals surface area (Å²) in [7, 11) is 3.28. The van der Waals surface area contributed by atoms with Crippen molar-refractivity contribution in [1.82, 2.24) is 9.88 Å². The second kappa shape index (κ2) is 8.39. The van der Waals surface area contributed by atoms with E-state index < -0.39 is 0 Å². The van der Waals surface area contributed by atoms with Crippen LogP contribution in [0.15, 0.2) is 59.2 Å². The number of amides is 1. The lowest BCUT2D eigenvalue weighted by Gasteiger charge is -2.26. The molecule has 0 spiro atoms. The zero-order valence-electron chi connectivity index (χ0n) is 16.6. The first-order valence-electron chi connectivity index (χ1n) is 9.71. The van der Waals surface area contributed by atoms with Gasteiger partial charge in [0.1, 0.15) is 17.8 Å². The standard InChI is InChI=1S/C23H24N2O4/c1-27-18-10-11-21(28-2)19(14-18)20-9-6-12-25(20)22(26)13-17-15-29-23(24-17)16-7-4-3-5-8-16/h3-5,7-8,10-11,14-15,20H,6,9,12-13H2,1-2H3. The van der Waals surface area contributed by atoms with Gasteiger partial charge in [0.05, 0.1) is 32.4 Å². The Kier molecular flexibility index (Phi) is 5.51. The van der Waals surface area contributed by atoms with Gasteiger partial charge in [-0.2, -0.15) is 0 Å². The number of benzene rings is 2. The van der Waals surface area contributed by atoms with Crippen LogP contribution in [-0.2, 0) is 11.2 Å². The average molecular weight is 392 g/mol. The minimum absolute atomic E-state index is 0.0327. The van der Waals surface area contributed by atoms with Crippen molar-refractivity contribution in [3.05, 3.63) is 66.1 Å². The van der Waals surface area contributed by atoms with E-state index in [1.165, 1.54) is 0 Å². The Morgan fingerprint density at radius 1 is 1.17 bits per heavy atom. The summed E-state index contributed by atoms with van der Waals surface area (Å²) in [6.07, 6.45) is 3.62. The molecule has 0 bridgehead atoms. The van der Waals surface area contributed by atoms with Crippen molar-refractivity contribution in [3.8, 4) is 23.0 Å². The topological polar surface area (TPSA) is 64.8 Å². The predicted octanol–water partition coefficient (Wildman–Crippen LogP) is 4.27. The van der Waals surface area contributed by atoms with Crippen molar-refractivity contribution in [2.24, 2.45) is 0 Å². The van der Waals surface area contributed by atoms with Gasteiger partial charge < -0.3 is 18.8 Å². The van der Waals surface area contributed by atoms with Gasteiger partial charge >= 0.3 is 0 Å². The number of ether oxygens (including phenoxy) is 2. The summed E-state index contributed by atoms with van der Waals surface area (Å²) in [5.74, 6) is 2.08. The molecule has 1 atom stereocenters. The van der Waals surface area contributed by atoms with Crippen molar-refractivity contribution in [2.75, 3.05) is 20.8 Å². The number of aromatic nitrogens is 1. The molecule has 0 saturated carbocycles. The van der Waals surface area contributed by atoms with Crippen LogP contribution in [0.1, 0.15) is 30.1 Å². The number of nitrogens with zero attached hydrogens (tertiary/aromatic N) is 2. The SMILES string of the molecule is COc1ccc(OC)c(C2CCCN2C(=O)Cc2coc(-c3ccccc3)n2)c1. The van der Waals surface area contributed by atoms with Gasteiger partial charge in [-0.3, -0.25) is 4.79 Å². The predicted molar refractivity (Wildman–Crippen MR) is 109 cm³/mol. The quantitative estimate of drug-likeness (QED) is 0.627. The molecule has 0 N–H and O–H groups in total. The van der Waals surface area contributed by atoms with E-state index in [4.69, 9.17) is 13.9 Å². The molecule has 0 aliphatic carbocycles. The van der Waals surface area contributed by atoms with E-state index in [0.29, 0.717) is 18.1 Å². The first kappa shape index (κ1) is 19.1. The lowest BCUT2D eigenvalue weighted by atomic mass is 10.0. The number of carbonyl (C=O) groups excluding carboxylic acids is 1. The van der Waals surface area contributed by atoms with E-state index in [0.717, 1.165) is 35.5 Å². The summed E-state index contributed by atoms with van der Waals surface area (Å²) in [5.41, 5.74) is 2.51. The normalized spacial score (nSPS) is 16.1. The molecule has 0 radical (unpaired) electrons. The van der Waals surface area contributed by atoms with Gasteiger partial charge in [0, 0.05) is 17.7 Å². The largest absolute Gasteiger partial charge is 0.497 e. The van der Waals surface area contributed by atoms with Crippen molar-refractivity contribution >= 4 is 5.91 Å². The zero-order valence-corrected chi connectivity index (χ0v) is 16.6. The fraction of sp³-hybridized carbons (Fsp3) is 0.304. The molecule has 1 amide bonds. The molecule has 1 saturated heterocycles. The second-order valence-electron chi connectivity index (χ2n) is 7.04. The van der Waals surface area contributed by atoms with Gasteiger partial charge in [0.25, 0.3) is 0 Å². The van der Waals surface area contributed by atoms with Crippen LogP contribution in [0.25, 0.3) is 11.5 Å². The van der Waals surface area contributed by atoms with Crippen LogP contribution in [0.3, 0.4) is 0 Å². The minimum atomic E-state index is -0.0342. The summed E-state index contributed by atoms with van der Waals surface area (Å²) < 4.78 is 16.5. The molecular weight excluding hydrogens is 368 g/mol. The van der Waals surface area contributed by atoms with Crippen molar-refractivity contribution in [1.29, 1.82) is 0 Å². The number of likely N-dealkylation sites (tertiary alicyclic amines) is 1. The summed E-state index contributed by atoms with van der Waals surface area (Å²) >= 11 is 0. The molecule has 1 unspecified atom stereocenters. The molecule has 3 aromatic rings. The molecule has 1 aliphatic heterocycles. The van der Waals surface area contributed by atoms with E-state index in [1.807, 2.05) is 53.4 Å². The molecule has 150 valence electrons. The highest BCUT2D eigenvalue weighted by molar-refractivity contribution is 5.79. The minimum Gasteiger partial charge on any atom is -0.497 e. The summed E-state index contributed by atoms with van der Waals surface area (Å²) in [6.45, 7) is 0.716. The molecule has 1 fully saturated rings. The van der Waals surface area contributed by atoms with Gasteiger partial charge in [-0.15, -0.1) is 0 Å². The van der Waals surface area contributed by atoms with E-state index in [9.17, 15) is 4.79 Å².